The molecule has 0 bridgehead atoms. The van der Waals surface area contributed by atoms with Crippen molar-refractivity contribution in [3.8, 4) is 11.8 Å². The van der Waals surface area contributed by atoms with E-state index >= 15 is 0 Å². The summed E-state index contributed by atoms with van der Waals surface area (Å²) in [6.07, 6.45) is 0.925. The zero-order chi connectivity index (χ0) is 14.1. The molecule has 1 aromatic heterocycles. The molecule has 5 heteroatoms. The Kier molecular flexibility index (Phi) is 7.03. The lowest BCUT2D eigenvalue weighted by Crippen LogP contribution is -2.28. The van der Waals surface area contributed by atoms with Gasteiger partial charge in [-0.15, -0.1) is 0 Å². The van der Waals surface area contributed by atoms with Crippen molar-refractivity contribution in [3.63, 3.8) is 0 Å². The molecule has 19 heavy (non-hydrogen) atoms. The van der Waals surface area contributed by atoms with Crippen LogP contribution in [0.3, 0.4) is 0 Å². The highest BCUT2D eigenvalue weighted by Crippen LogP contribution is 2.22. The van der Waals surface area contributed by atoms with Crippen LogP contribution >= 0.6 is 0 Å². The van der Waals surface area contributed by atoms with Crippen LogP contribution in [0.15, 0.2) is 12.1 Å². The van der Waals surface area contributed by atoms with E-state index in [2.05, 4.69) is 23.7 Å². The SMILES string of the molecule is CCCOc1nc(OCCN(CC)CC)ccc1N. The van der Waals surface area contributed by atoms with Gasteiger partial charge in [0.15, 0.2) is 0 Å². The van der Waals surface area contributed by atoms with E-state index in [0.29, 0.717) is 30.7 Å². The third-order valence-corrected chi connectivity index (χ3v) is 2.86. The molecule has 0 unspecified atom stereocenters. The van der Waals surface area contributed by atoms with Crippen molar-refractivity contribution in [2.75, 3.05) is 38.6 Å². The summed E-state index contributed by atoms with van der Waals surface area (Å²) in [5, 5.41) is 0. The van der Waals surface area contributed by atoms with Gasteiger partial charge in [0.05, 0.1) is 12.3 Å². The van der Waals surface area contributed by atoms with Gasteiger partial charge in [0.1, 0.15) is 6.61 Å². The van der Waals surface area contributed by atoms with E-state index in [1.165, 1.54) is 0 Å². The van der Waals surface area contributed by atoms with Crippen molar-refractivity contribution < 1.29 is 9.47 Å². The van der Waals surface area contributed by atoms with Crippen LogP contribution in [-0.2, 0) is 0 Å². The van der Waals surface area contributed by atoms with Crippen LogP contribution in [0.4, 0.5) is 5.69 Å². The first kappa shape index (κ1) is 15.6. The summed E-state index contributed by atoms with van der Waals surface area (Å²) in [5.41, 5.74) is 6.34. The quantitative estimate of drug-likeness (QED) is 0.743. The van der Waals surface area contributed by atoms with Crippen LogP contribution in [0.2, 0.25) is 0 Å². The summed E-state index contributed by atoms with van der Waals surface area (Å²) in [7, 11) is 0. The standard InChI is InChI=1S/C14H25N3O2/c1-4-10-19-14-12(15)7-8-13(16-14)18-11-9-17(5-2)6-3/h7-8H,4-6,9-11,15H2,1-3H3. The number of rotatable bonds is 9. The molecule has 0 radical (unpaired) electrons. The molecule has 0 spiro atoms. The van der Waals surface area contributed by atoms with E-state index in [1.54, 1.807) is 12.1 Å². The van der Waals surface area contributed by atoms with Gasteiger partial charge in [-0.3, -0.25) is 0 Å². The normalized spacial score (nSPS) is 10.7. The summed E-state index contributed by atoms with van der Waals surface area (Å²) in [6, 6.07) is 3.54. The number of anilines is 1. The Labute approximate surface area is 115 Å². The Balaban J connectivity index is 2.49. The number of ether oxygens (including phenoxy) is 2. The second kappa shape index (κ2) is 8.58. The number of nitrogen functional groups attached to an aromatic ring is 1. The van der Waals surface area contributed by atoms with Gasteiger partial charge in [0.2, 0.25) is 11.8 Å². The lowest BCUT2D eigenvalue weighted by Gasteiger charge is -2.18. The molecule has 0 atom stereocenters. The first-order valence-electron chi connectivity index (χ1n) is 6.95. The van der Waals surface area contributed by atoms with Gasteiger partial charge in [-0.25, -0.2) is 0 Å². The topological polar surface area (TPSA) is 60.6 Å². The maximum Gasteiger partial charge on any atom is 0.240 e. The summed E-state index contributed by atoms with van der Waals surface area (Å²) < 4.78 is 11.1. The third kappa shape index (κ3) is 5.34. The highest BCUT2D eigenvalue weighted by atomic mass is 16.5. The first-order valence-corrected chi connectivity index (χ1v) is 6.95. The largest absolute Gasteiger partial charge is 0.476 e. The van der Waals surface area contributed by atoms with Crippen molar-refractivity contribution in [2.24, 2.45) is 0 Å². The molecule has 0 saturated heterocycles. The molecule has 1 aromatic rings. The lowest BCUT2D eigenvalue weighted by molar-refractivity contribution is 0.215. The molecule has 1 rings (SSSR count). The Morgan fingerprint density at radius 3 is 2.47 bits per heavy atom. The van der Waals surface area contributed by atoms with Crippen LogP contribution in [0.5, 0.6) is 11.8 Å². The second-order valence-corrected chi connectivity index (χ2v) is 4.27. The molecule has 108 valence electrons. The number of hydrogen-bond donors (Lipinski definition) is 1. The van der Waals surface area contributed by atoms with Gasteiger partial charge in [-0.2, -0.15) is 4.98 Å². The van der Waals surface area contributed by atoms with E-state index in [-0.39, 0.29) is 0 Å². The van der Waals surface area contributed by atoms with Crippen molar-refractivity contribution >= 4 is 5.69 Å². The average Bonchev–Trinajstić information content (AvgIpc) is 2.44. The zero-order valence-electron chi connectivity index (χ0n) is 12.2. The number of pyridine rings is 1. The highest BCUT2D eigenvalue weighted by molar-refractivity contribution is 5.49. The number of aromatic nitrogens is 1. The molecule has 0 fully saturated rings. The molecule has 1 heterocycles. The van der Waals surface area contributed by atoms with Crippen LogP contribution < -0.4 is 15.2 Å². The number of hydrogen-bond acceptors (Lipinski definition) is 5. The van der Waals surface area contributed by atoms with Gasteiger partial charge < -0.3 is 20.1 Å². The Morgan fingerprint density at radius 2 is 1.84 bits per heavy atom. The molecule has 0 saturated carbocycles. The Morgan fingerprint density at radius 1 is 1.11 bits per heavy atom. The zero-order valence-corrected chi connectivity index (χ0v) is 12.2. The van der Waals surface area contributed by atoms with Crippen LogP contribution in [0.1, 0.15) is 27.2 Å². The van der Waals surface area contributed by atoms with Gasteiger partial charge in [0, 0.05) is 12.6 Å². The molecule has 0 aliphatic rings. The van der Waals surface area contributed by atoms with Crippen molar-refractivity contribution in [1.29, 1.82) is 0 Å². The molecular formula is C14H25N3O2. The molecule has 2 N–H and O–H groups in total. The predicted octanol–water partition coefficient (Wildman–Crippen LogP) is 2.17. The summed E-state index contributed by atoms with van der Waals surface area (Å²) >= 11 is 0. The monoisotopic (exact) mass is 267 g/mol. The minimum Gasteiger partial charge on any atom is -0.476 e. The van der Waals surface area contributed by atoms with Gasteiger partial charge in [-0.05, 0) is 25.6 Å². The molecule has 5 nitrogen and oxygen atoms in total. The molecule has 0 aliphatic heterocycles. The van der Waals surface area contributed by atoms with Crippen molar-refractivity contribution in [2.45, 2.75) is 27.2 Å². The number of likely N-dealkylation sites (N-methyl/N-ethyl adjacent to an activating group) is 1. The van der Waals surface area contributed by atoms with E-state index < -0.39 is 0 Å². The predicted molar refractivity (Wildman–Crippen MR) is 77.7 cm³/mol. The smallest absolute Gasteiger partial charge is 0.240 e. The Hall–Kier alpha value is -1.49. The maximum absolute atomic E-state index is 5.80. The van der Waals surface area contributed by atoms with E-state index in [0.717, 1.165) is 26.1 Å². The molecular weight excluding hydrogens is 242 g/mol. The second-order valence-electron chi connectivity index (χ2n) is 4.27. The Bertz CT molecular complexity index is 368. The van der Waals surface area contributed by atoms with E-state index in [1.807, 2.05) is 6.92 Å². The van der Waals surface area contributed by atoms with Crippen LogP contribution in [0, 0.1) is 0 Å². The minimum atomic E-state index is 0.460. The average molecular weight is 267 g/mol. The summed E-state index contributed by atoms with van der Waals surface area (Å²) in [4.78, 5) is 6.57. The van der Waals surface area contributed by atoms with Crippen molar-refractivity contribution in [3.05, 3.63) is 12.1 Å². The van der Waals surface area contributed by atoms with Crippen LogP contribution in [-0.4, -0.2) is 42.7 Å². The third-order valence-electron chi connectivity index (χ3n) is 2.86. The van der Waals surface area contributed by atoms with Crippen molar-refractivity contribution in [1.82, 2.24) is 9.88 Å². The fraction of sp³-hybridized carbons (Fsp3) is 0.643. The fourth-order valence-electron chi connectivity index (χ4n) is 1.65. The first-order chi connectivity index (χ1) is 9.21. The van der Waals surface area contributed by atoms with E-state index in [4.69, 9.17) is 15.2 Å². The van der Waals surface area contributed by atoms with Gasteiger partial charge >= 0.3 is 0 Å². The summed E-state index contributed by atoms with van der Waals surface area (Å²) in [5.74, 6) is 1.02. The number of nitrogens with zero attached hydrogens (tertiary/aromatic N) is 2. The molecule has 0 aromatic carbocycles. The highest BCUT2D eigenvalue weighted by Gasteiger charge is 2.06. The maximum atomic E-state index is 5.80. The summed E-state index contributed by atoms with van der Waals surface area (Å²) in [6.45, 7) is 10.5. The van der Waals surface area contributed by atoms with Gasteiger partial charge in [0.25, 0.3) is 0 Å². The fourth-order valence-corrected chi connectivity index (χ4v) is 1.65. The van der Waals surface area contributed by atoms with Gasteiger partial charge in [-0.1, -0.05) is 20.8 Å². The van der Waals surface area contributed by atoms with E-state index in [9.17, 15) is 0 Å². The lowest BCUT2D eigenvalue weighted by atomic mass is 10.4. The molecule has 0 aliphatic carbocycles. The number of nitrogens with two attached hydrogens (primary N) is 1. The molecule has 0 amide bonds. The van der Waals surface area contributed by atoms with Crippen LogP contribution in [0.25, 0.3) is 0 Å². The minimum absolute atomic E-state index is 0.460.